The van der Waals surface area contributed by atoms with E-state index in [9.17, 15) is 4.79 Å². The highest BCUT2D eigenvalue weighted by Gasteiger charge is 2.27. The lowest BCUT2D eigenvalue weighted by Crippen LogP contribution is -2.30. The van der Waals surface area contributed by atoms with Crippen molar-refractivity contribution in [1.29, 1.82) is 0 Å². The zero-order chi connectivity index (χ0) is 12.3. The fourth-order valence-corrected chi connectivity index (χ4v) is 2.90. The number of hydrogen-bond acceptors (Lipinski definition) is 2. The molecule has 1 aliphatic heterocycles. The molecule has 1 amide bonds. The molecule has 5 heteroatoms. The molecule has 3 nitrogen and oxygen atoms in total. The van der Waals surface area contributed by atoms with Crippen LogP contribution in [-0.4, -0.2) is 37.5 Å². The van der Waals surface area contributed by atoms with E-state index in [-0.39, 0.29) is 18.3 Å². The lowest BCUT2D eigenvalue weighted by Gasteiger charge is -2.17. The van der Waals surface area contributed by atoms with Crippen LogP contribution in [0.25, 0.3) is 0 Å². The molecule has 1 saturated heterocycles. The predicted octanol–water partition coefficient (Wildman–Crippen LogP) is 2.39. The molecule has 0 aliphatic carbocycles. The fraction of sp³-hybridized carbons (Fsp3) is 0.462. The monoisotopic (exact) mass is 380 g/mol. The Morgan fingerprint density at radius 1 is 1.50 bits per heavy atom. The minimum absolute atomic E-state index is 0. The van der Waals surface area contributed by atoms with E-state index in [1.807, 2.05) is 36.2 Å². The van der Waals surface area contributed by atoms with Gasteiger partial charge in [0.25, 0.3) is 5.91 Å². The van der Waals surface area contributed by atoms with Gasteiger partial charge in [-0.2, -0.15) is 0 Å². The van der Waals surface area contributed by atoms with E-state index >= 15 is 0 Å². The van der Waals surface area contributed by atoms with Gasteiger partial charge in [0.2, 0.25) is 0 Å². The molecule has 1 N–H and O–H groups in total. The van der Waals surface area contributed by atoms with Crippen LogP contribution in [0.3, 0.4) is 0 Å². The zero-order valence-electron chi connectivity index (χ0n) is 10.4. The molecule has 18 heavy (non-hydrogen) atoms. The molecule has 0 aromatic heterocycles. The smallest absolute Gasteiger partial charge is 0.254 e. The maximum absolute atomic E-state index is 12.3. The first kappa shape index (κ1) is 15.7. The minimum Gasteiger partial charge on any atom is -0.338 e. The van der Waals surface area contributed by atoms with Gasteiger partial charge in [-0.05, 0) is 60.7 Å². The number of halogens is 2. The summed E-state index contributed by atoms with van der Waals surface area (Å²) in [5.74, 6) is 0.777. The lowest BCUT2D eigenvalue weighted by molar-refractivity contribution is 0.0786. The van der Waals surface area contributed by atoms with Crippen molar-refractivity contribution in [1.82, 2.24) is 10.2 Å². The van der Waals surface area contributed by atoms with Crippen LogP contribution in [-0.2, 0) is 0 Å². The van der Waals surface area contributed by atoms with E-state index < -0.39 is 0 Å². The summed E-state index contributed by atoms with van der Waals surface area (Å²) in [6, 6.07) is 7.79. The number of nitrogens with one attached hydrogen (secondary N) is 1. The normalized spacial score (nSPS) is 18.6. The molecule has 1 aromatic rings. The Bertz CT molecular complexity index is 414. The second-order valence-electron chi connectivity index (χ2n) is 4.44. The summed E-state index contributed by atoms with van der Waals surface area (Å²) in [4.78, 5) is 14.3. The molecule has 0 spiro atoms. The highest BCUT2D eigenvalue weighted by Crippen LogP contribution is 2.20. The Hall–Kier alpha value is -0.330. The molecule has 1 aromatic carbocycles. The zero-order valence-corrected chi connectivity index (χ0v) is 13.3. The molecule has 0 radical (unpaired) electrons. The molecule has 1 unspecified atom stereocenters. The van der Waals surface area contributed by atoms with Gasteiger partial charge in [0, 0.05) is 16.7 Å². The molecular formula is C13H18ClIN2O. The second-order valence-corrected chi connectivity index (χ2v) is 5.61. The highest BCUT2D eigenvalue weighted by molar-refractivity contribution is 14.1. The van der Waals surface area contributed by atoms with Crippen molar-refractivity contribution in [3.63, 3.8) is 0 Å². The fourth-order valence-electron chi connectivity index (χ4n) is 2.28. The molecule has 2 rings (SSSR count). The quantitative estimate of drug-likeness (QED) is 0.817. The van der Waals surface area contributed by atoms with E-state index in [2.05, 4.69) is 27.9 Å². The topological polar surface area (TPSA) is 32.3 Å². The lowest BCUT2D eigenvalue weighted by atomic mass is 10.1. The molecule has 1 aliphatic rings. The van der Waals surface area contributed by atoms with E-state index in [1.165, 1.54) is 0 Å². The van der Waals surface area contributed by atoms with Crippen LogP contribution in [0.5, 0.6) is 0 Å². The van der Waals surface area contributed by atoms with Crippen LogP contribution in [0.1, 0.15) is 16.8 Å². The standard InChI is InChI=1S/C13H17IN2O.ClH/c1-15-8-10-6-7-16(9-10)13(17)11-4-2-3-5-12(11)14;/h2-5,10,15H,6-9H2,1H3;1H. The Kier molecular flexibility index (Phi) is 6.38. The molecule has 1 fully saturated rings. The van der Waals surface area contributed by atoms with E-state index in [4.69, 9.17) is 0 Å². The van der Waals surface area contributed by atoms with Crippen LogP contribution in [0.4, 0.5) is 0 Å². The van der Waals surface area contributed by atoms with Gasteiger partial charge in [-0.15, -0.1) is 12.4 Å². The molecular weight excluding hydrogens is 363 g/mol. The summed E-state index contributed by atoms with van der Waals surface area (Å²) < 4.78 is 1.03. The maximum atomic E-state index is 12.3. The van der Waals surface area contributed by atoms with Crippen LogP contribution in [0, 0.1) is 9.49 Å². The first-order valence-electron chi connectivity index (χ1n) is 5.90. The first-order valence-corrected chi connectivity index (χ1v) is 6.98. The Balaban J connectivity index is 0.00000162. The van der Waals surface area contributed by atoms with Gasteiger partial charge in [0.1, 0.15) is 0 Å². The largest absolute Gasteiger partial charge is 0.338 e. The third kappa shape index (κ3) is 3.59. The van der Waals surface area contributed by atoms with Crippen molar-refractivity contribution < 1.29 is 4.79 Å². The molecule has 1 heterocycles. The number of hydrogen-bond donors (Lipinski definition) is 1. The summed E-state index contributed by atoms with van der Waals surface area (Å²) >= 11 is 2.22. The van der Waals surface area contributed by atoms with Crippen LogP contribution < -0.4 is 5.32 Å². The number of rotatable bonds is 3. The Labute approximate surface area is 128 Å². The van der Waals surface area contributed by atoms with Gasteiger partial charge >= 0.3 is 0 Å². The first-order chi connectivity index (χ1) is 8.22. The van der Waals surface area contributed by atoms with Crippen molar-refractivity contribution in [3.8, 4) is 0 Å². The molecule has 1 atom stereocenters. The summed E-state index contributed by atoms with van der Waals surface area (Å²) in [6.07, 6.45) is 1.11. The number of nitrogens with zero attached hydrogens (tertiary/aromatic N) is 1. The third-order valence-electron chi connectivity index (χ3n) is 3.17. The third-order valence-corrected chi connectivity index (χ3v) is 4.11. The number of carbonyl (C=O) groups is 1. The van der Waals surface area contributed by atoms with Crippen molar-refractivity contribution in [2.75, 3.05) is 26.7 Å². The van der Waals surface area contributed by atoms with Gasteiger partial charge in [0.05, 0.1) is 5.56 Å². The van der Waals surface area contributed by atoms with Gasteiger partial charge < -0.3 is 10.2 Å². The summed E-state index contributed by atoms with van der Waals surface area (Å²) in [7, 11) is 1.96. The second kappa shape index (κ2) is 7.31. The summed E-state index contributed by atoms with van der Waals surface area (Å²) in [5, 5.41) is 3.18. The van der Waals surface area contributed by atoms with E-state index in [0.717, 1.165) is 35.2 Å². The maximum Gasteiger partial charge on any atom is 0.254 e. The van der Waals surface area contributed by atoms with Crippen LogP contribution in [0.2, 0.25) is 0 Å². The van der Waals surface area contributed by atoms with Gasteiger partial charge in [-0.25, -0.2) is 0 Å². The molecule has 0 saturated carbocycles. The van der Waals surface area contributed by atoms with Crippen molar-refractivity contribution in [2.24, 2.45) is 5.92 Å². The van der Waals surface area contributed by atoms with Gasteiger partial charge in [-0.3, -0.25) is 4.79 Å². The SMILES string of the molecule is CNCC1CCN(C(=O)c2ccccc2I)C1.Cl. The summed E-state index contributed by atoms with van der Waals surface area (Å²) in [5.41, 5.74) is 0.832. The number of likely N-dealkylation sites (tertiary alicyclic amines) is 1. The number of carbonyl (C=O) groups excluding carboxylic acids is 1. The Morgan fingerprint density at radius 3 is 2.89 bits per heavy atom. The summed E-state index contributed by atoms with van der Waals surface area (Å²) in [6.45, 7) is 2.76. The number of benzene rings is 1. The van der Waals surface area contributed by atoms with Crippen molar-refractivity contribution in [3.05, 3.63) is 33.4 Å². The van der Waals surface area contributed by atoms with E-state index in [0.29, 0.717) is 5.92 Å². The van der Waals surface area contributed by atoms with Gasteiger partial charge in [-0.1, -0.05) is 12.1 Å². The van der Waals surface area contributed by atoms with Gasteiger partial charge in [0.15, 0.2) is 0 Å². The average Bonchev–Trinajstić information content (AvgIpc) is 2.78. The number of amides is 1. The highest BCUT2D eigenvalue weighted by atomic mass is 127. The van der Waals surface area contributed by atoms with Crippen molar-refractivity contribution in [2.45, 2.75) is 6.42 Å². The van der Waals surface area contributed by atoms with Crippen LogP contribution >= 0.6 is 35.0 Å². The van der Waals surface area contributed by atoms with E-state index in [1.54, 1.807) is 0 Å². The molecule has 100 valence electrons. The minimum atomic E-state index is 0. The molecule has 0 bridgehead atoms. The predicted molar refractivity (Wildman–Crippen MR) is 84.3 cm³/mol. The Morgan fingerprint density at radius 2 is 2.22 bits per heavy atom. The average molecular weight is 381 g/mol. The van der Waals surface area contributed by atoms with Crippen LogP contribution in [0.15, 0.2) is 24.3 Å². The van der Waals surface area contributed by atoms with Crippen molar-refractivity contribution >= 4 is 40.9 Å².